The lowest BCUT2D eigenvalue weighted by Crippen LogP contribution is -1.90. The van der Waals surface area contributed by atoms with Gasteiger partial charge in [0.15, 0.2) is 0 Å². The number of hydrogen-bond donors (Lipinski definition) is 1. The predicted molar refractivity (Wildman–Crippen MR) is 36.4 cm³/mol. The highest BCUT2D eigenvalue weighted by molar-refractivity contribution is 4.73. The van der Waals surface area contributed by atoms with Crippen LogP contribution in [0.25, 0.3) is 0 Å². The first-order valence-electron chi connectivity index (χ1n) is 2.67. The fourth-order valence-electron chi connectivity index (χ4n) is 0. The Kier molecular flexibility index (Phi) is 12.8. The smallest absolute Gasteiger partial charge is 0.0453 e. The maximum Gasteiger partial charge on any atom is 0.0453 e. The molecule has 0 saturated heterocycles. The van der Waals surface area contributed by atoms with Gasteiger partial charge in [-0.3, -0.25) is 0 Å². The van der Waals surface area contributed by atoms with Gasteiger partial charge in [-0.25, -0.2) is 0 Å². The molecule has 1 heteroatoms. The van der Waals surface area contributed by atoms with Gasteiger partial charge in [-0.1, -0.05) is 13.8 Å². The molecule has 0 bridgehead atoms. The van der Waals surface area contributed by atoms with E-state index < -0.39 is 0 Å². The van der Waals surface area contributed by atoms with E-state index in [9.17, 15) is 0 Å². The summed E-state index contributed by atoms with van der Waals surface area (Å²) < 4.78 is 0. The number of aliphatic hydroxyl groups is 1. The molecule has 0 aliphatic rings. The standard InChI is InChI=1S/C4H10O.C3H4/c1-4(2)3-5;1-3-2/h4-5H,3H2,1-2H3;1H,2H3. The highest BCUT2D eigenvalue weighted by Gasteiger charge is 1.81. The van der Waals surface area contributed by atoms with Crippen LogP contribution in [0.3, 0.4) is 0 Å². The Labute approximate surface area is 51.7 Å². The summed E-state index contributed by atoms with van der Waals surface area (Å²) in [5.74, 6) is 2.69. The van der Waals surface area contributed by atoms with Gasteiger partial charge in [-0.15, -0.1) is 12.3 Å². The molecule has 0 aromatic heterocycles. The van der Waals surface area contributed by atoms with Gasteiger partial charge in [0.05, 0.1) is 0 Å². The van der Waals surface area contributed by atoms with Gasteiger partial charge in [0, 0.05) is 6.61 Å². The van der Waals surface area contributed by atoms with Crippen molar-refractivity contribution in [2.24, 2.45) is 5.92 Å². The first-order chi connectivity index (χ1) is 3.68. The zero-order chi connectivity index (χ0) is 6.99. The van der Waals surface area contributed by atoms with Crippen LogP contribution in [0.1, 0.15) is 20.8 Å². The minimum Gasteiger partial charge on any atom is -0.396 e. The molecule has 0 saturated carbocycles. The molecule has 8 heavy (non-hydrogen) atoms. The van der Waals surface area contributed by atoms with Gasteiger partial charge < -0.3 is 5.11 Å². The molecule has 0 aromatic rings. The molecule has 0 radical (unpaired) electrons. The fourth-order valence-corrected chi connectivity index (χ4v) is 0. The van der Waals surface area contributed by atoms with Crippen molar-refractivity contribution in [2.75, 3.05) is 6.61 Å². The van der Waals surface area contributed by atoms with Crippen molar-refractivity contribution >= 4 is 0 Å². The van der Waals surface area contributed by atoms with Crippen molar-refractivity contribution in [3.8, 4) is 12.3 Å². The zero-order valence-electron chi connectivity index (χ0n) is 5.81. The Morgan fingerprint density at radius 2 is 1.75 bits per heavy atom. The Hall–Kier alpha value is -0.480. The van der Waals surface area contributed by atoms with Crippen LogP contribution in [0, 0.1) is 18.3 Å². The lowest BCUT2D eigenvalue weighted by molar-refractivity contribution is 0.248. The lowest BCUT2D eigenvalue weighted by Gasteiger charge is -1.90. The second-order valence-corrected chi connectivity index (χ2v) is 1.87. The van der Waals surface area contributed by atoms with E-state index in [0.29, 0.717) is 12.5 Å². The molecule has 0 amide bonds. The number of rotatable bonds is 1. The van der Waals surface area contributed by atoms with E-state index in [4.69, 9.17) is 5.11 Å². The van der Waals surface area contributed by atoms with Crippen LogP contribution in [0.5, 0.6) is 0 Å². The third kappa shape index (κ3) is 48.8. The van der Waals surface area contributed by atoms with E-state index in [-0.39, 0.29) is 0 Å². The van der Waals surface area contributed by atoms with Crippen molar-refractivity contribution in [3.63, 3.8) is 0 Å². The van der Waals surface area contributed by atoms with Gasteiger partial charge in [0.25, 0.3) is 0 Å². The summed E-state index contributed by atoms with van der Waals surface area (Å²) in [7, 11) is 0. The van der Waals surface area contributed by atoms with Crippen LogP contribution in [0.15, 0.2) is 0 Å². The quantitative estimate of drug-likeness (QED) is 0.509. The summed E-state index contributed by atoms with van der Waals surface area (Å²) in [5.41, 5.74) is 0. The fraction of sp³-hybridized carbons (Fsp3) is 0.714. The van der Waals surface area contributed by atoms with Crippen LogP contribution in [-0.2, 0) is 0 Å². The summed E-state index contributed by atoms with van der Waals surface area (Å²) >= 11 is 0. The largest absolute Gasteiger partial charge is 0.396 e. The first-order valence-corrected chi connectivity index (χ1v) is 2.67. The van der Waals surface area contributed by atoms with E-state index >= 15 is 0 Å². The summed E-state index contributed by atoms with van der Waals surface area (Å²) in [6, 6.07) is 0. The molecule has 0 heterocycles. The van der Waals surface area contributed by atoms with Crippen LogP contribution in [-0.4, -0.2) is 11.7 Å². The van der Waals surface area contributed by atoms with Crippen LogP contribution in [0.2, 0.25) is 0 Å². The Bertz CT molecular complexity index is 59.3. The van der Waals surface area contributed by atoms with Gasteiger partial charge in [-0.05, 0) is 12.8 Å². The van der Waals surface area contributed by atoms with Crippen LogP contribution in [0.4, 0.5) is 0 Å². The third-order valence-electron chi connectivity index (χ3n) is 0.365. The molecule has 1 nitrogen and oxygen atoms in total. The summed E-state index contributed by atoms with van der Waals surface area (Å²) in [5, 5.41) is 8.14. The number of hydrogen-bond acceptors (Lipinski definition) is 1. The SMILES string of the molecule is C#CC.CC(C)CO. The van der Waals surface area contributed by atoms with Gasteiger partial charge in [-0.2, -0.15) is 0 Å². The maximum absolute atomic E-state index is 8.14. The monoisotopic (exact) mass is 114 g/mol. The van der Waals surface area contributed by atoms with Crippen molar-refractivity contribution in [1.29, 1.82) is 0 Å². The summed E-state index contributed by atoms with van der Waals surface area (Å²) in [4.78, 5) is 0. The highest BCUT2D eigenvalue weighted by atomic mass is 16.3. The van der Waals surface area contributed by atoms with Gasteiger partial charge in [0.2, 0.25) is 0 Å². The normalized spacial score (nSPS) is 7.00. The second kappa shape index (κ2) is 9.72. The van der Waals surface area contributed by atoms with Crippen molar-refractivity contribution in [1.82, 2.24) is 0 Å². The molecular weight excluding hydrogens is 100 g/mol. The molecule has 0 aliphatic carbocycles. The average Bonchev–Trinajstić information content (AvgIpc) is 1.69. The van der Waals surface area contributed by atoms with E-state index in [1.165, 1.54) is 0 Å². The second-order valence-electron chi connectivity index (χ2n) is 1.87. The van der Waals surface area contributed by atoms with E-state index in [1.54, 1.807) is 6.92 Å². The molecular formula is C7H14O. The van der Waals surface area contributed by atoms with Crippen molar-refractivity contribution < 1.29 is 5.11 Å². The van der Waals surface area contributed by atoms with Crippen molar-refractivity contribution in [3.05, 3.63) is 0 Å². The predicted octanol–water partition coefficient (Wildman–Crippen LogP) is 1.27. The molecule has 0 aliphatic heterocycles. The Balaban J connectivity index is 0. The minimum absolute atomic E-state index is 0.306. The summed E-state index contributed by atoms with van der Waals surface area (Å²) in [6.07, 6.45) is 4.60. The van der Waals surface area contributed by atoms with Gasteiger partial charge >= 0.3 is 0 Å². The number of aliphatic hydroxyl groups excluding tert-OH is 1. The molecule has 0 aromatic carbocycles. The zero-order valence-corrected chi connectivity index (χ0v) is 5.81. The first kappa shape index (κ1) is 10.5. The Morgan fingerprint density at radius 3 is 1.75 bits per heavy atom. The third-order valence-corrected chi connectivity index (χ3v) is 0.365. The van der Waals surface area contributed by atoms with Crippen LogP contribution < -0.4 is 0 Å². The highest BCUT2D eigenvalue weighted by Crippen LogP contribution is 1.83. The van der Waals surface area contributed by atoms with E-state index in [1.807, 2.05) is 13.8 Å². The van der Waals surface area contributed by atoms with Crippen LogP contribution >= 0.6 is 0 Å². The average molecular weight is 114 g/mol. The van der Waals surface area contributed by atoms with E-state index in [2.05, 4.69) is 12.3 Å². The Morgan fingerprint density at radius 1 is 1.62 bits per heavy atom. The summed E-state index contributed by atoms with van der Waals surface area (Å²) in [6.45, 7) is 5.90. The lowest BCUT2D eigenvalue weighted by atomic mass is 10.2. The molecule has 0 rings (SSSR count). The molecule has 0 atom stereocenters. The molecule has 1 N–H and O–H groups in total. The maximum atomic E-state index is 8.14. The van der Waals surface area contributed by atoms with Crippen molar-refractivity contribution in [2.45, 2.75) is 20.8 Å². The molecule has 0 spiro atoms. The molecule has 48 valence electrons. The van der Waals surface area contributed by atoms with Gasteiger partial charge in [0.1, 0.15) is 0 Å². The number of terminal acetylenes is 1. The molecule has 0 fully saturated rings. The molecule has 0 unspecified atom stereocenters. The minimum atomic E-state index is 0.306. The topological polar surface area (TPSA) is 20.2 Å². The van der Waals surface area contributed by atoms with E-state index in [0.717, 1.165) is 0 Å².